The molecule has 2 heteroatoms. The Morgan fingerprint density at radius 3 is 2.00 bits per heavy atom. The SMILES string of the molecule is CCCCCCCCC[n+]1cc(CC(C)c2ccccc2)n(CCCCC)c1Cc1ccccc1. The van der Waals surface area contributed by atoms with Crippen LogP contribution in [0.15, 0.2) is 66.9 Å². The van der Waals surface area contributed by atoms with Crippen LogP contribution in [0.3, 0.4) is 0 Å². The van der Waals surface area contributed by atoms with Gasteiger partial charge in [0.05, 0.1) is 19.5 Å². The minimum atomic E-state index is 0.521. The third kappa shape index (κ3) is 8.98. The van der Waals surface area contributed by atoms with Gasteiger partial charge in [-0.1, -0.05) is 120 Å². The Bertz CT molecular complexity index is 942. The number of hydrogen-bond acceptors (Lipinski definition) is 0. The fourth-order valence-electron chi connectivity index (χ4n) is 5.22. The van der Waals surface area contributed by atoms with Crippen LogP contribution < -0.4 is 4.57 Å². The van der Waals surface area contributed by atoms with Crippen molar-refractivity contribution in [2.75, 3.05) is 0 Å². The molecule has 0 aliphatic rings. The van der Waals surface area contributed by atoms with Gasteiger partial charge in [0.1, 0.15) is 11.9 Å². The quantitative estimate of drug-likeness (QED) is 0.137. The second-order valence-electron chi connectivity index (χ2n) is 10.4. The van der Waals surface area contributed by atoms with E-state index >= 15 is 0 Å². The number of benzene rings is 2. The van der Waals surface area contributed by atoms with Crippen molar-refractivity contribution in [3.8, 4) is 0 Å². The van der Waals surface area contributed by atoms with E-state index in [9.17, 15) is 0 Å². The van der Waals surface area contributed by atoms with Crippen LogP contribution in [0.4, 0.5) is 0 Å². The third-order valence-electron chi connectivity index (χ3n) is 7.37. The summed E-state index contributed by atoms with van der Waals surface area (Å²) in [6.07, 6.45) is 18.0. The van der Waals surface area contributed by atoms with E-state index in [1.165, 1.54) is 86.9 Å². The molecule has 3 rings (SSSR count). The maximum atomic E-state index is 2.68. The van der Waals surface area contributed by atoms with E-state index in [0.717, 1.165) is 25.9 Å². The van der Waals surface area contributed by atoms with Crippen LogP contribution in [0.1, 0.15) is 114 Å². The van der Waals surface area contributed by atoms with Gasteiger partial charge < -0.3 is 0 Å². The molecular weight excluding hydrogens is 424 g/mol. The number of rotatable bonds is 17. The van der Waals surface area contributed by atoms with E-state index in [1.54, 1.807) is 0 Å². The van der Waals surface area contributed by atoms with Gasteiger partial charge in [-0.05, 0) is 42.7 Å². The van der Waals surface area contributed by atoms with Crippen LogP contribution in [-0.2, 0) is 25.9 Å². The molecule has 2 aromatic carbocycles. The van der Waals surface area contributed by atoms with E-state index in [-0.39, 0.29) is 0 Å². The highest BCUT2D eigenvalue weighted by molar-refractivity contribution is 5.22. The number of aryl methyl sites for hydroxylation is 1. The highest BCUT2D eigenvalue weighted by Crippen LogP contribution is 2.22. The first-order valence-corrected chi connectivity index (χ1v) is 14.4. The average molecular weight is 474 g/mol. The molecule has 0 aliphatic carbocycles. The molecule has 35 heavy (non-hydrogen) atoms. The van der Waals surface area contributed by atoms with Gasteiger partial charge in [-0.25, -0.2) is 9.13 Å². The van der Waals surface area contributed by atoms with Crippen molar-refractivity contribution in [3.63, 3.8) is 0 Å². The average Bonchev–Trinajstić information content (AvgIpc) is 3.20. The fourth-order valence-corrected chi connectivity index (χ4v) is 5.22. The lowest BCUT2D eigenvalue weighted by atomic mass is 9.96. The lowest BCUT2D eigenvalue weighted by Gasteiger charge is -2.12. The van der Waals surface area contributed by atoms with Gasteiger partial charge in [0.25, 0.3) is 5.82 Å². The van der Waals surface area contributed by atoms with Crippen LogP contribution in [0, 0.1) is 0 Å². The van der Waals surface area contributed by atoms with E-state index in [4.69, 9.17) is 0 Å². The molecule has 0 bridgehead atoms. The van der Waals surface area contributed by atoms with Crippen molar-refractivity contribution in [2.45, 2.75) is 117 Å². The minimum absolute atomic E-state index is 0.521. The maximum Gasteiger partial charge on any atom is 0.261 e. The molecule has 3 aromatic rings. The Hall–Kier alpha value is -2.35. The molecular formula is C33H49N2+. The van der Waals surface area contributed by atoms with Crippen LogP contribution in [0.2, 0.25) is 0 Å². The summed E-state index contributed by atoms with van der Waals surface area (Å²) >= 11 is 0. The van der Waals surface area contributed by atoms with Gasteiger partial charge in [0, 0.05) is 6.42 Å². The lowest BCUT2D eigenvalue weighted by Crippen LogP contribution is -2.37. The van der Waals surface area contributed by atoms with Gasteiger partial charge in [-0.3, -0.25) is 0 Å². The molecule has 1 atom stereocenters. The van der Waals surface area contributed by atoms with E-state index in [2.05, 4.69) is 96.8 Å². The number of unbranched alkanes of at least 4 members (excludes halogenated alkanes) is 8. The Morgan fingerprint density at radius 1 is 0.714 bits per heavy atom. The van der Waals surface area contributed by atoms with E-state index < -0.39 is 0 Å². The van der Waals surface area contributed by atoms with Gasteiger partial charge in [0.2, 0.25) is 0 Å². The van der Waals surface area contributed by atoms with Crippen molar-refractivity contribution in [2.24, 2.45) is 0 Å². The Kier molecular flexibility index (Phi) is 12.1. The third-order valence-corrected chi connectivity index (χ3v) is 7.37. The topological polar surface area (TPSA) is 8.81 Å². The van der Waals surface area contributed by atoms with Crippen molar-refractivity contribution in [1.29, 1.82) is 0 Å². The number of aromatic nitrogens is 2. The first-order chi connectivity index (χ1) is 17.2. The summed E-state index contributed by atoms with van der Waals surface area (Å²) in [5.41, 5.74) is 4.36. The second kappa shape index (κ2) is 15.6. The van der Waals surface area contributed by atoms with Gasteiger partial charge >= 0.3 is 0 Å². The Balaban J connectivity index is 1.81. The highest BCUT2D eigenvalue weighted by atomic mass is 15.2. The predicted molar refractivity (Wildman–Crippen MR) is 150 cm³/mol. The summed E-state index contributed by atoms with van der Waals surface area (Å²) in [7, 11) is 0. The van der Waals surface area contributed by atoms with Gasteiger partial charge in [-0.2, -0.15) is 0 Å². The number of imidazole rings is 1. The van der Waals surface area contributed by atoms with Crippen LogP contribution >= 0.6 is 0 Å². The van der Waals surface area contributed by atoms with Gasteiger partial charge in [0.15, 0.2) is 0 Å². The molecule has 1 heterocycles. The number of nitrogens with zero attached hydrogens (tertiary/aromatic N) is 2. The zero-order valence-electron chi connectivity index (χ0n) is 22.7. The summed E-state index contributed by atoms with van der Waals surface area (Å²) in [4.78, 5) is 0. The molecule has 0 saturated heterocycles. The minimum Gasteiger partial charge on any atom is -0.234 e. The predicted octanol–water partition coefficient (Wildman–Crippen LogP) is 8.65. The van der Waals surface area contributed by atoms with Crippen LogP contribution in [0.5, 0.6) is 0 Å². The first-order valence-electron chi connectivity index (χ1n) is 14.4. The summed E-state index contributed by atoms with van der Waals surface area (Å²) < 4.78 is 5.29. The van der Waals surface area contributed by atoms with Gasteiger partial charge in [-0.15, -0.1) is 0 Å². The number of hydrogen-bond donors (Lipinski definition) is 0. The monoisotopic (exact) mass is 473 g/mol. The van der Waals surface area contributed by atoms with E-state index in [0.29, 0.717) is 5.92 Å². The zero-order valence-corrected chi connectivity index (χ0v) is 22.7. The summed E-state index contributed by atoms with van der Waals surface area (Å²) in [5.74, 6) is 2.01. The van der Waals surface area contributed by atoms with Crippen molar-refractivity contribution >= 4 is 0 Å². The Morgan fingerprint density at radius 2 is 1.31 bits per heavy atom. The van der Waals surface area contributed by atoms with Crippen LogP contribution in [0.25, 0.3) is 0 Å². The molecule has 1 unspecified atom stereocenters. The smallest absolute Gasteiger partial charge is 0.234 e. The summed E-state index contributed by atoms with van der Waals surface area (Å²) in [6.45, 7) is 9.27. The normalized spacial score (nSPS) is 12.2. The van der Waals surface area contributed by atoms with Crippen molar-refractivity contribution < 1.29 is 4.57 Å². The molecule has 2 nitrogen and oxygen atoms in total. The first kappa shape index (κ1) is 27.2. The lowest BCUT2D eigenvalue weighted by molar-refractivity contribution is -0.704. The molecule has 0 N–H and O–H groups in total. The van der Waals surface area contributed by atoms with Crippen LogP contribution in [-0.4, -0.2) is 4.57 Å². The molecule has 190 valence electrons. The standard InChI is InChI=1S/C33H49N2/c1-4-6-8-9-10-11-19-24-34-28-32(26-29(3)31-22-16-13-17-23-31)35(25-18-7-5-2)33(34)27-30-20-14-12-15-21-30/h12-17,20-23,28-29H,4-11,18-19,24-27H2,1-3H3/q+1. The maximum absolute atomic E-state index is 2.68. The second-order valence-corrected chi connectivity index (χ2v) is 10.4. The zero-order chi connectivity index (χ0) is 24.7. The summed E-state index contributed by atoms with van der Waals surface area (Å²) in [5, 5.41) is 0. The molecule has 0 aliphatic heterocycles. The Labute approximate surface area is 215 Å². The summed E-state index contributed by atoms with van der Waals surface area (Å²) in [6, 6.07) is 22.1. The fraction of sp³-hybridized carbons (Fsp3) is 0.545. The molecule has 1 aromatic heterocycles. The van der Waals surface area contributed by atoms with Crippen molar-refractivity contribution in [1.82, 2.24) is 4.57 Å². The molecule has 0 amide bonds. The molecule has 0 spiro atoms. The van der Waals surface area contributed by atoms with E-state index in [1.807, 2.05) is 0 Å². The molecule has 0 fully saturated rings. The highest BCUT2D eigenvalue weighted by Gasteiger charge is 2.25. The van der Waals surface area contributed by atoms with Crippen molar-refractivity contribution in [3.05, 3.63) is 89.5 Å². The largest absolute Gasteiger partial charge is 0.261 e. The molecule has 0 saturated carbocycles. The molecule has 0 radical (unpaired) electrons.